The van der Waals surface area contributed by atoms with Crippen LogP contribution in [0.4, 0.5) is 11.5 Å². The molecule has 1 heterocycles. The zero-order valence-corrected chi connectivity index (χ0v) is 13.1. The zero-order chi connectivity index (χ0) is 17.1. The Hall–Kier alpha value is -2.85. The van der Waals surface area contributed by atoms with E-state index < -0.39 is 5.91 Å². The lowest BCUT2D eigenvalue weighted by molar-refractivity contribution is 0.0998. The molecule has 1 fully saturated rings. The van der Waals surface area contributed by atoms with Crippen molar-refractivity contribution in [1.82, 2.24) is 9.78 Å². The van der Waals surface area contributed by atoms with Gasteiger partial charge in [-0.05, 0) is 49.9 Å². The van der Waals surface area contributed by atoms with E-state index >= 15 is 0 Å². The number of hydrogen-bond donors (Lipinski definition) is 3. The van der Waals surface area contributed by atoms with Crippen LogP contribution in [0.5, 0.6) is 0 Å². The molecule has 0 bridgehead atoms. The highest BCUT2D eigenvalue weighted by atomic mass is 16.3. The predicted octanol–water partition coefficient (Wildman–Crippen LogP) is 2.07. The van der Waals surface area contributed by atoms with Crippen LogP contribution in [0.3, 0.4) is 0 Å². The van der Waals surface area contributed by atoms with Gasteiger partial charge < -0.3 is 16.2 Å². The Morgan fingerprint density at radius 2 is 1.96 bits per heavy atom. The van der Waals surface area contributed by atoms with Gasteiger partial charge in [-0.15, -0.1) is 0 Å². The number of aromatic nitrogens is 2. The van der Waals surface area contributed by atoms with E-state index in [1.165, 1.54) is 0 Å². The maximum Gasteiger partial charge on any atom is 0.254 e. The van der Waals surface area contributed by atoms with Gasteiger partial charge in [0.2, 0.25) is 0 Å². The topological polar surface area (TPSA) is 117 Å². The molecule has 1 aliphatic rings. The fourth-order valence-electron chi connectivity index (χ4n) is 2.94. The monoisotopic (exact) mass is 325 g/mol. The highest BCUT2D eigenvalue weighted by Crippen LogP contribution is 2.30. The molecule has 0 atom stereocenters. The molecule has 4 N–H and O–H groups in total. The molecule has 1 amide bonds. The van der Waals surface area contributed by atoms with Crippen molar-refractivity contribution in [3.63, 3.8) is 0 Å². The lowest BCUT2D eigenvalue weighted by atomic mass is 9.93. The first-order valence-electron chi connectivity index (χ1n) is 7.91. The average Bonchev–Trinajstić information content (AvgIpc) is 3.00. The number of rotatable bonds is 4. The summed E-state index contributed by atoms with van der Waals surface area (Å²) in [5, 5.41) is 26.0. The van der Waals surface area contributed by atoms with Crippen molar-refractivity contribution in [2.75, 3.05) is 5.32 Å². The number of nitrogens with two attached hydrogens (primary N) is 1. The van der Waals surface area contributed by atoms with E-state index in [1.54, 1.807) is 35.1 Å². The third-order valence-electron chi connectivity index (χ3n) is 4.31. The van der Waals surface area contributed by atoms with Crippen molar-refractivity contribution in [2.24, 2.45) is 5.73 Å². The minimum Gasteiger partial charge on any atom is -0.393 e. The summed E-state index contributed by atoms with van der Waals surface area (Å²) >= 11 is 0. The summed E-state index contributed by atoms with van der Waals surface area (Å²) in [5.41, 5.74) is 7.07. The van der Waals surface area contributed by atoms with Gasteiger partial charge >= 0.3 is 0 Å². The summed E-state index contributed by atoms with van der Waals surface area (Å²) in [6, 6.07) is 9.08. The number of aliphatic hydroxyl groups is 1. The molecule has 7 nitrogen and oxygen atoms in total. The minimum absolute atomic E-state index is 0.156. The van der Waals surface area contributed by atoms with Crippen molar-refractivity contribution in [3.05, 3.63) is 41.6 Å². The molecule has 7 heteroatoms. The van der Waals surface area contributed by atoms with E-state index in [0.717, 1.165) is 31.4 Å². The van der Waals surface area contributed by atoms with E-state index in [-0.39, 0.29) is 12.1 Å². The summed E-state index contributed by atoms with van der Waals surface area (Å²) in [7, 11) is 0. The maximum atomic E-state index is 11.7. The number of carbonyl (C=O) groups excluding carboxylic acids is 1. The van der Waals surface area contributed by atoms with Gasteiger partial charge in [-0.1, -0.05) is 0 Å². The number of benzene rings is 1. The number of nitrogens with zero attached hydrogens (tertiary/aromatic N) is 3. The zero-order valence-electron chi connectivity index (χ0n) is 13.1. The van der Waals surface area contributed by atoms with E-state index in [1.807, 2.05) is 0 Å². The van der Waals surface area contributed by atoms with Gasteiger partial charge in [0.15, 0.2) is 5.82 Å². The molecule has 1 aromatic carbocycles. The smallest absolute Gasteiger partial charge is 0.254 e. The normalized spacial score (nSPS) is 20.3. The van der Waals surface area contributed by atoms with Crippen LogP contribution in [0.1, 0.15) is 47.6 Å². The van der Waals surface area contributed by atoms with Crippen LogP contribution < -0.4 is 11.1 Å². The second-order valence-corrected chi connectivity index (χ2v) is 6.01. The standard InChI is InChI=1S/C17H19N5O2/c18-9-11-1-3-12(4-2-11)20-17-15(16(19)24)10-22(21-17)13-5-7-14(23)8-6-13/h1-4,10,13-14,23H,5-8H2,(H2,19,24)(H,20,21). The first-order chi connectivity index (χ1) is 11.6. The molecule has 0 unspecified atom stereocenters. The first-order valence-corrected chi connectivity index (χ1v) is 7.91. The number of nitrogens with one attached hydrogen (secondary N) is 1. The molecule has 124 valence electrons. The molecule has 0 aliphatic heterocycles. The average molecular weight is 325 g/mol. The quantitative estimate of drug-likeness (QED) is 0.795. The number of hydrogen-bond acceptors (Lipinski definition) is 5. The SMILES string of the molecule is N#Cc1ccc(Nc2nn(C3CCC(O)CC3)cc2C(N)=O)cc1. The fourth-order valence-corrected chi connectivity index (χ4v) is 2.94. The summed E-state index contributed by atoms with van der Waals surface area (Å²) in [6.07, 6.45) is 4.51. The third kappa shape index (κ3) is 3.39. The van der Waals surface area contributed by atoms with Crippen molar-refractivity contribution in [2.45, 2.75) is 37.8 Å². The number of aliphatic hydroxyl groups excluding tert-OH is 1. The number of primary amides is 1. The second-order valence-electron chi connectivity index (χ2n) is 6.01. The first kappa shape index (κ1) is 16.0. The Kier molecular flexibility index (Phi) is 4.49. The lowest BCUT2D eigenvalue weighted by Gasteiger charge is -2.25. The van der Waals surface area contributed by atoms with Crippen molar-refractivity contribution >= 4 is 17.4 Å². The van der Waals surface area contributed by atoms with Gasteiger partial charge in [-0.25, -0.2) is 0 Å². The Labute approximate surface area is 139 Å². The number of nitriles is 1. The highest BCUT2D eigenvalue weighted by molar-refractivity contribution is 5.98. The Morgan fingerprint density at radius 3 is 2.54 bits per heavy atom. The van der Waals surface area contributed by atoms with Crippen LogP contribution in [0.15, 0.2) is 30.5 Å². The molecule has 24 heavy (non-hydrogen) atoms. The molecular weight excluding hydrogens is 306 g/mol. The Morgan fingerprint density at radius 1 is 1.29 bits per heavy atom. The minimum atomic E-state index is -0.548. The third-order valence-corrected chi connectivity index (χ3v) is 4.31. The van der Waals surface area contributed by atoms with Gasteiger partial charge in [0, 0.05) is 11.9 Å². The van der Waals surface area contributed by atoms with E-state index in [9.17, 15) is 9.90 Å². The second kappa shape index (κ2) is 6.72. The number of anilines is 2. The van der Waals surface area contributed by atoms with Gasteiger partial charge in [0.25, 0.3) is 5.91 Å². The molecule has 0 saturated heterocycles. The summed E-state index contributed by atoms with van der Waals surface area (Å²) in [6.45, 7) is 0. The van der Waals surface area contributed by atoms with Gasteiger partial charge in [-0.3, -0.25) is 9.48 Å². The Balaban J connectivity index is 1.83. The van der Waals surface area contributed by atoms with E-state index in [2.05, 4.69) is 16.5 Å². The van der Waals surface area contributed by atoms with Crippen molar-refractivity contribution in [1.29, 1.82) is 5.26 Å². The summed E-state index contributed by atoms with van der Waals surface area (Å²) < 4.78 is 1.76. The van der Waals surface area contributed by atoms with Crippen LogP contribution in [0.25, 0.3) is 0 Å². The molecule has 1 saturated carbocycles. The van der Waals surface area contributed by atoms with E-state index in [0.29, 0.717) is 16.9 Å². The number of amides is 1. The van der Waals surface area contributed by atoms with Gasteiger partial charge in [-0.2, -0.15) is 10.4 Å². The van der Waals surface area contributed by atoms with Crippen LogP contribution in [0, 0.1) is 11.3 Å². The van der Waals surface area contributed by atoms with Crippen LogP contribution in [0.2, 0.25) is 0 Å². The van der Waals surface area contributed by atoms with Crippen molar-refractivity contribution in [3.8, 4) is 6.07 Å². The summed E-state index contributed by atoms with van der Waals surface area (Å²) in [5.74, 6) is -0.147. The molecule has 0 spiro atoms. The van der Waals surface area contributed by atoms with Crippen LogP contribution in [-0.4, -0.2) is 26.9 Å². The van der Waals surface area contributed by atoms with E-state index in [4.69, 9.17) is 11.0 Å². The summed E-state index contributed by atoms with van der Waals surface area (Å²) in [4.78, 5) is 11.7. The van der Waals surface area contributed by atoms with Gasteiger partial charge in [0.1, 0.15) is 5.56 Å². The maximum absolute atomic E-state index is 11.7. The van der Waals surface area contributed by atoms with Crippen molar-refractivity contribution < 1.29 is 9.90 Å². The lowest BCUT2D eigenvalue weighted by Crippen LogP contribution is -2.21. The highest BCUT2D eigenvalue weighted by Gasteiger charge is 2.24. The molecular formula is C17H19N5O2. The molecule has 2 aromatic rings. The Bertz CT molecular complexity index is 767. The molecule has 0 radical (unpaired) electrons. The fraction of sp³-hybridized carbons (Fsp3) is 0.353. The van der Waals surface area contributed by atoms with Crippen LogP contribution >= 0.6 is 0 Å². The molecule has 1 aromatic heterocycles. The molecule has 3 rings (SSSR count). The molecule has 1 aliphatic carbocycles. The predicted molar refractivity (Wildman–Crippen MR) is 88.7 cm³/mol. The largest absolute Gasteiger partial charge is 0.393 e. The number of carbonyl (C=O) groups is 1. The van der Waals surface area contributed by atoms with Gasteiger partial charge in [0.05, 0.1) is 23.8 Å². The van der Waals surface area contributed by atoms with Crippen LogP contribution in [-0.2, 0) is 0 Å².